The van der Waals surface area contributed by atoms with Gasteiger partial charge in [-0.1, -0.05) is 24.3 Å². The fourth-order valence-corrected chi connectivity index (χ4v) is 4.14. The monoisotopic (exact) mass is 353 g/mol. The van der Waals surface area contributed by atoms with Crippen LogP contribution in [0.25, 0.3) is 0 Å². The quantitative estimate of drug-likeness (QED) is 0.578. The number of hydrogen-bond acceptors (Lipinski definition) is 3. The Hall–Kier alpha value is -2.04. The zero-order valence-electron chi connectivity index (χ0n) is 13.7. The second-order valence-corrected chi connectivity index (χ2v) is 7.49. The van der Waals surface area contributed by atoms with Crippen LogP contribution >= 0.6 is 23.1 Å². The molecule has 1 amide bonds. The minimum Gasteiger partial charge on any atom is -0.322 e. The Labute approximate surface area is 150 Å². The lowest BCUT2D eigenvalue weighted by molar-refractivity contribution is 0.102. The summed E-state index contributed by atoms with van der Waals surface area (Å²) in [6.07, 6.45) is 0. The van der Waals surface area contributed by atoms with Gasteiger partial charge in [0.2, 0.25) is 0 Å². The summed E-state index contributed by atoms with van der Waals surface area (Å²) in [5, 5.41) is 7.27. The van der Waals surface area contributed by atoms with Crippen molar-refractivity contribution >= 4 is 34.7 Å². The van der Waals surface area contributed by atoms with Crippen LogP contribution in [-0.2, 0) is 5.75 Å². The van der Waals surface area contributed by atoms with Crippen LogP contribution in [-0.4, -0.2) is 5.91 Å². The van der Waals surface area contributed by atoms with E-state index in [9.17, 15) is 4.79 Å². The molecule has 0 atom stereocenters. The molecule has 0 saturated heterocycles. The lowest BCUT2D eigenvalue weighted by atomic mass is 10.1. The van der Waals surface area contributed by atoms with Crippen LogP contribution in [0.2, 0.25) is 0 Å². The van der Waals surface area contributed by atoms with Crippen molar-refractivity contribution in [2.24, 2.45) is 0 Å². The van der Waals surface area contributed by atoms with Gasteiger partial charge in [0, 0.05) is 16.3 Å². The largest absolute Gasteiger partial charge is 0.322 e. The van der Waals surface area contributed by atoms with Crippen LogP contribution in [0.3, 0.4) is 0 Å². The third-order valence-corrected chi connectivity index (χ3v) is 5.62. The molecule has 0 radical (unpaired) electrons. The predicted molar refractivity (Wildman–Crippen MR) is 104 cm³/mol. The first-order valence-corrected chi connectivity index (χ1v) is 9.68. The number of nitrogens with one attached hydrogen (secondary N) is 1. The van der Waals surface area contributed by atoms with Gasteiger partial charge in [-0.15, -0.1) is 11.8 Å². The molecule has 0 spiro atoms. The number of amides is 1. The van der Waals surface area contributed by atoms with Gasteiger partial charge in [0.1, 0.15) is 0 Å². The maximum Gasteiger partial charge on any atom is 0.256 e. The minimum absolute atomic E-state index is 0.0582. The van der Waals surface area contributed by atoms with Gasteiger partial charge in [-0.3, -0.25) is 4.79 Å². The van der Waals surface area contributed by atoms with E-state index in [1.165, 1.54) is 5.56 Å². The summed E-state index contributed by atoms with van der Waals surface area (Å²) in [4.78, 5) is 13.7. The Morgan fingerprint density at radius 3 is 2.75 bits per heavy atom. The van der Waals surface area contributed by atoms with Crippen molar-refractivity contribution in [2.45, 2.75) is 24.5 Å². The van der Waals surface area contributed by atoms with Crippen LogP contribution < -0.4 is 5.32 Å². The first kappa shape index (κ1) is 16.8. The second kappa shape index (κ2) is 7.69. The van der Waals surface area contributed by atoms with Crippen molar-refractivity contribution in [3.63, 3.8) is 0 Å². The molecule has 4 heteroatoms. The lowest BCUT2D eigenvalue weighted by Gasteiger charge is -2.12. The molecule has 3 aromatic rings. The zero-order valence-corrected chi connectivity index (χ0v) is 15.3. The number of anilines is 1. The van der Waals surface area contributed by atoms with Gasteiger partial charge in [-0.2, -0.15) is 11.3 Å². The summed E-state index contributed by atoms with van der Waals surface area (Å²) >= 11 is 3.39. The number of aryl methyl sites for hydroxylation is 2. The molecule has 1 heterocycles. The van der Waals surface area contributed by atoms with E-state index in [4.69, 9.17) is 0 Å². The summed E-state index contributed by atoms with van der Waals surface area (Å²) in [7, 11) is 0. The first-order valence-electron chi connectivity index (χ1n) is 7.75. The van der Waals surface area contributed by atoms with E-state index in [0.717, 1.165) is 33.0 Å². The number of rotatable bonds is 5. The van der Waals surface area contributed by atoms with Crippen molar-refractivity contribution in [3.8, 4) is 0 Å². The van der Waals surface area contributed by atoms with Crippen LogP contribution in [0.1, 0.15) is 27.0 Å². The summed E-state index contributed by atoms with van der Waals surface area (Å²) in [5.74, 6) is 0.814. The molecular weight excluding hydrogens is 334 g/mol. The maximum absolute atomic E-state index is 12.7. The van der Waals surface area contributed by atoms with Crippen molar-refractivity contribution in [3.05, 3.63) is 81.5 Å². The molecule has 0 aliphatic rings. The summed E-state index contributed by atoms with van der Waals surface area (Å²) < 4.78 is 0. The first-order chi connectivity index (χ1) is 11.6. The van der Waals surface area contributed by atoms with Crippen LogP contribution in [0, 0.1) is 13.8 Å². The SMILES string of the molecule is Cc1ccc(C)c(NC(=O)c2ccccc2SCc2ccsc2)c1. The normalized spacial score (nSPS) is 10.6. The molecule has 0 bridgehead atoms. The highest BCUT2D eigenvalue weighted by Gasteiger charge is 2.13. The fraction of sp³-hybridized carbons (Fsp3) is 0.150. The van der Waals surface area contributed by atoms with E-state index in [1.807, 2.05) is 50.2 Å². The second-order valence-electron chi connectivity index (χ2n) is 5.69. The topological polar surface area (TPSA) is 29.1 Å². The molecule has 122 valence electrons. The van der Waals surface area contributed by atoms with Gasteiger partial charge in [0.05, 0.1) is 5.56 Å². The van der Waals surface area contributed by atoms with Gasteiger partial charge in [-0.25, -0.2) is 0 Å². The number of hydrogen-bond donors (Lipinski definition) is 1. The molecule has 2 aromatic carbocycles. The van der Waals surface area contributed by atoms with Crippen molar-refractivity contribution in [1.82, 2.24) is 0 Å². The van der Waals surface area contributed by atoms with E-state index in [1.54, 1.807) is 23.1 Å². The summed E-state index contributed by atoms with van der Waals surface area (Å²) in [6.45, 7) is 4.03. The highest BCUT2D eigenvalue weighted by Crippen LogP contribution is 2.28. The molecule has 3 rings (SSSR count). The van der Waals surface area contributed by atoms with E-state index >= 15 is 0 Å². The summed E-state index contributed by atoms with van der Waals surface area (Å²) in [6, 6.07) is 16.0. The third kappa shape index (κ3) is 4.08. The number of carbonyl (C=O) groups is 1. The third-order valence-electron chi connectivity index (χ3n) is 3.75. The molecule has 0 fully saturated rings. The molecule has 0 aliphatic carbocycles. The van der Waals surface area contributed by atoms with E-state index in [-0.39, 0.29) is 5.91 Å². The van der Waals surface area contributed by atoms with E-state index in [2.05, 4.69) is 28.2 Å². The van der Waals surface area contributed by atoms with E-state index < -0.39 is 0 Å². The zero-order chi connectivity index (χ0) is 16.9. The maximum atomic E-state index is 12.7. The van der Waals surface area contributed by atoms with Gasteiger partial charge >= 0.3 is 0 Å². The highest BCUT2D eigenvalue weighted by molar-refractivity contribution is 7.98. The number of carbonyl (C=O) groups excluding carboxylic acids is 1. The van der Waals surface area contributed by atoms with Crippen molar-refractivity contribution < 1.29 is 4.79 Å². The number of thiophene rings is 1. The average Bonchev–Trinajstić information content (AvgIpc) is 3.10. The number of thioether (sulfide) groups is 1. The Morgan fingerprint density at radius 1 is 1.12 bits per heavy atom. The Morgan fingerprint density at radius 2 is 1.96 bits per heavy atom. The van der Waals surface area contributed by atoms with Crippen LogP contribution in [0.15, 0.2) is 64.2 Å². The Bertz CT molecular complexity index is 841. The molecule has 24 heavy (non-hydrogen) atoms. The van der Waals surface area contributed by atoms with Gasteiger partial charge < -0.3 is 5.32 Å². The average molecular weight is 354 g/mol. The van der Waals surface area contributed by atoms with Gasteiger partial charge in [0.25, 0.3) is 5.91 Å². The Balaban J connectivity index is 1.78. The molecule has 1 N–H and O–H groups in total. The lowest BCUT2D eigenvalue weighted by Crippen LogP contribution is -2.14. The van der Waals surface area contributed by atoms with E-state index in [0.29, 0.717) is 0 Å². The highest BCUT2D eigenvalue weighted by atomic mass is 32.2. The van der Waals surface area contributed by atoms with Crippen molar-refractivity contribution in [1.29, 1.82) is 0 Å². The number of benzene rings is 2. The minimum atomic E-state index is -0.0582. The van der Waals surface area contributed by atoms with Gasteiger partial charge in [0.15, 0.2) is 0 Å². The fourth-order valence-electron chi connectivity index (χ4n) is 2.38. The molecule has 0 unspecified atom stereocenters. The molecule has 0 aliphatic heterocycles. The van der Waals surface area contributed by atoms with Crippen molar-refractivity contribution in [2.75, 3.05) is 5.32 Å². The van der Waals surface area contributed by atoms with Crippen LogP contribution in [0.5, 0.6) is 0 Å². The molecule has 1 aromatic heterocycles. The molecular formula is C20H19NOS2. The van der Waals surface area contributed by atoms with Gasteiger partial charge in [-0.05, 0) is 65.6 Å². The van der Waals surface area contributed by atoms with Crippen LogP contribution in [0.4, 0.5) is 5.69 Å². The smallest absolute Gasteiger partial charge is 0.256 e. The summed E-state index contributed by atoms with van der Waals surface area (Å²) in [5.41, 5.74) is 5.08. The molecule has 0 saturated carbocycles. The molecule has 2 nitrogen and oxygen atoms in total. The predicted octanol–water partition coefficient (Wildman–Crippen LogP) is 5.91. The standard InChI is InChI=1S/C20H19NOS2/c1-14-7-8-15(2)18(11-14)21-20(22)17-5-3-4-6-19(17)24-13-16-9-10-23-12-16/h3-12H,13H2,1-2H3,(H,21,22). The Kier molecular flexibility index (Phi) is 5.38.